The van der Waals surface area contributed by atoms with E-state index in [9.17, 15) is 24.0 Å². The Balaban J connectivity index is 1.72. The lowest BCUT2D eigenvalue weighted by atomic mass is 9.79. The van der Waals surface area contributed by atoms with Gasteiger partial charge in [-0.2, -0.15) is 0 Å². The number of carbonyl (C=O) groups excluding carboxylic acids is 5. The Hall–Kier alpha value is -3.39. The maximum atomic E-state index is 14.3. The van der Waals surface area contributed by atoms with Gasteiger partial charge in [0, 0.05) is 39.6 Å². The van der Waals surface area contributed by atoms with E-state index in [1.54, 1.807) is 21.1 Å². The lowest BCUT2D eigenvalue weighted by molar-refractivity contribution is -0.199. The van der Waals surface area contributed by atoms with E-state index in [1.807, 2.05) is 88.8 Å². The van der Waals surface area contributed by atoms with Crippen LogP contribution in [0.4, 0.5) is 0 Å². The Morgan fingerprint density at radius 2 is 1.53 bits per heavy atom. The highest BCUT2D eigenvalue weighted by Gasteiger charge is 2.42. The Kier molecular flexibility index (Phi) is 21.2. The number of hydrogen-bond donors (Lipinski definition) is 2. The molecule has 2 fully saturated rings. The summed E-state index contributed by atoms with van der Waals surface area (Å²) < 4.78 is 12.1. The molecule has 13 nitrogen and oxygen atoms in total. The average Bonchev–Trinajstić information content (AvgIpc) is 3.71. The van der Waals surface area contributed by atoms with Gasteiger partial charge in [-0.3, -0.25) is 33.7 Å². The summed E-state index contributed by atoms with van der Waals surface area (Å²) in [5.41, 5.74) is 0.921. The molecule has 0 aliphatic carbocycles. The van der Waals surface area contributed by atoms with Crippen LogP contribution in [0.15, 0.2) is 30.3 Å². The van der Waals surface area contributed by atoms with Gasteiger partial charge in [0.15, 0.2) is 5.78 Å². The van der Waals surface area contributed by atoms with E-state index < -0.39 is 24.1 Å². The minimum absolute atomic E-state index is 0.0114. The second-order valence-electron chi connectivity index (χ2n) is 18.3. The van der Waals surface area contributed by atoms with Crippen molar-refractivity contribution in [3.8, 4) is 0 Å². The summed E-state index contributed by atoms with van der Waals surface area (Å²) in [6.07, 6.45) is 4.84. The summed E-state index contributed by atoms with van der Waals surface area (Å²) in [5.74, 6) is -1.48. The van der Waals surface area contributed by atoms with Crippen LogP contribution in [-0.4, -0.2) is 129 Å². The quantitative estimate of drug-likeness (QED) is 0.134. The standard InChI is InChI=1S/C47H79N5O8/c1-13-32(6)36(24-23-33(7)43(54)41(30(2)3)49-46(56)42(31(4)5)50(9)10)39(58-11)29-40(53)51-25-19-22-38(51)44(59-12)34(8)45(55)48-37(28-35-20-15-14-16-21-35)47(57)52-26-17-18-27-60-52/h14-16,20-21,30-34,36-39,41-42,44H,13,17-19,22-29H2,1-12H3,(H,48,55)(H,49,56). The lowest BCUT2D eigenvalue weighted by Crippen LogP contribution is -2.55. The van der Waals surface area contributed by atoms with Crippen LogP contribution in [-0.2, 0) is 44.7 Å². The number of benzene rings is 1. The fraction of sp³-hybridized carbons (Fsp3) is 0.766. The lowest BCUT2D eigenvalue weighted by Gasteiger charge is -2.37. The zero-order valence-corrected chi connectivity index (χ0v) is 38.9. The SMILES string of the molecule is CCC(C)C(CCC(C)C(=O)C(NC(=O)C(C(C)C)N(C)C)C(C)C)C(CC(=O)N1CCCC1C(OC)C(C)C(=O)NC(Cc1ccccc1)C(=O)N1CCCCO1)OC. The highest BCUT2D eigenvalue weighted by Crippen LogP contribution is 2.33. The molecule has 2 aliphatic heterocycles. The monoisotopic (exact) mass is 842 g/mol. The van der Waals surface area contributed by atoms with Crippen LogP contribution in [0.5, 0.6) is 0 Å². The third kappa shape index (κ3) is 14.1. The number of Topliss-reactive ketones (excluding diaryl/α,β-unsaturated/α-hetero) is 1. The molecular formula is C47H79N5O8. The second-order valence-corrected chi connectivity index (χ2v) is 18.3. The topological polar surface area (TPSA) is 147 Å². The molecule has 2 saturated heterocycles. The molecule has 340 valence electrons. The fourth-order valence-electron chi connectivity index (χ4n) is 9.25. The van der Waals surface area contributed by atoms with E-state index in [1.165, 1.54) is 5.06 Å². The van der Waals surface area contributed by atoms with Crippen molar-refractivity contribution >= 4 is 29.4 Å². The van der Waals surface area contributed by atoms with Crippen LogP contribution in [0, 0.1) is 35.5 Å². The largest absolute Gasteiger partial charge is 0.381 e. The van der Waals surface area contributed by atoms with E-state index in [4.69, 9.17) is 14.3 Å². The maximum absolute atomic E-state index is 14.3. The Morgan fingerprint density at radius 3 is 2.08 bits per heavy atom. The van der Waals surface area contributed by atoms with Crippen molar-refractivity contribution in [2.75, 3.05) is 48.0 Å². The number of hydrogen-bond acceptors (Lipinski definition) is 9. The first-order valence-electron chi connectivity index (χ1n) is 22.6. The average molecular weight is 842 g/mol. The zero-order chi connectivity index (χ0) is 44.7. The third-order valence-electron chi connectivity index (χ3n) is 13.0. The Morgan fingerprint density at radius 1 is 0.850 bits per heavy atom. The van der Waals surface area contributed by atoms with Gasteiger partial charge in [0.1, 0.15) is 6.04 Å². The zero-order valence-electron chi connectivity index (χ0n) is 38.9. The van der Waals surface area contributed by atoms with Gasteiger partial charge in [-0.25, -0.2) is 5.06 Å². The van der Waals surface area contributed by atoms with Crippen LogP contribution in [0.25, 0.3) is 0 Å². The number of nitrogens with one attached hydrogen (secondary N) is 2. The van der Waals surface area contributed by atoms with E-state index in [0.717, 1.165) is 31.2 Å². The molecule has 1 aromatic carbocycles. The van der Waals surface area contributed by atoms with Crippen LogP contribution in [0.1, 0.15) is 112 Å². The van der Waals surface area contributed by atoms with Gasteiger partial charge in [-0.15, -0.1) is 0 Å². The van der Waals surface area contributed by atoms with Crippen molar-refractivity contribution in [3.63, 3.8) is 0 Å². The molecule has 10 atom stereocenters. The number of amides is 4. The number of likely N-dealkylation sites (N-methyl/N-ethyl adjacent to an activating group) is 1. The Labute approximate surface area is 361 Å². The molecule has 1 aromatic rings. The highest BCUT2D eigenvalue weighted by molar-refractivity contribution is 5.92. The molecule has 3 rings (SSSR count). The van der Waals surface area contributed by atoms with Gasteiger partial charge in [0.2, 0.25) is 17.7 Å². The van der Waals surface area contributed by atoms with Gasteiger partial charge < -0.3 is 25.0 Å². The highest BCUT2D eigenvalue weighted by atomic mass is 16.7. The number of methoxy groups -OCH3 is 2. The van der Waals surface area contributed by atoms with E-state index >= 15 is 0 Å². The summed E-state index contributed by atoms with van der Waals surface area (Å²) in [6.45, 7) is 17.5. The van der Waals surface area contributed by atoms with E-state index in [-0.39, 0.29) is 83.6 Å². The number of likely N-dealkylation sites (tertiary alicyclic amines) is 1. The first-order valence-corrected chi connectivity index (χ1v) is 22.6. The summed E-state index contributed by atoms with van der Waals surface area (Å²) in [4.78, 5) is 78.7. The number of ether oxygens (including phenoxy) is 2. The minimum Gasteiger partial charge on any atom is -0.381 e. The van der Waals surface area contributed by atoms with Crippen LogP contribution >= 0.6 is 0 Å². The number of hydroxylamine groups is 2. The van der Waals surface area contributed by atoms with Crippen molar-refractivity contribution in [1.29, 1.82) is 0 Å². The predicted molar refractivity (Wildman–Crippen MR) is 235 cm³/mol. The van der Waals surface area contributed by atoms with Crippen molar-refractivity contribution in [2.45, 2.75) is 150 Å². The van der Waals surface area contributed by atoms with Gasteiger partial charge >= 0.3 is 0 Å². The van der Waals surface area contributed by atoms with Gasteiger partial charge in [0.05, 0.1) is 49.3 Å². The first kappa shape index (κ1) is 51.0. The Bertz CT molecular complexity index is 1490. The summed E-state index contributed by atoms with van der Waals surface area (Å²) >= 11 is 0. The smallest absolute Gasteiger partial charge is 0.269 e. The molecule has 4 amide bonds. The first-order chi connectivity index (χ1) is 28.5. The van der Waals surface area contributed by atoms with E-state index in [2.05, 4.69) is 24.5 Å². The number of rotatable bonds is 24. The minimum atomic E-state index is -0.826. The molecule has 2 aliphatic rings. The number of ketones is 1. The molecule has 60 heavy (non-hydrogen) atoms. The molecule has 10 unspecified atom stereocenters. The summed E-state index contributed by atoms with van der Waals surface area (Å²) in [5, 5.41) is 7.48. The molecule has 2 heterocycles. The molecule has 0 aromatic heterocycles. The number of nitrogens with zero attached hydrogens (tertiary/aromatic N) is 3. The molecule has 0 spiro atoms. The van der Waals surface area contributed by atoms with Gasteiger partial charge in [-0.05, 0) is 81.9 Å². The maximum Gasteiger partial charge on any atom is 0.269 e. The van der Waals surface area contributed by atoms with Crippen molar-refractivity contribution in [3.05, 3.63) is 35.9 Å². The molecule has 2 N–H and O–H groups in total. The fourth-order valence-corrected chi connectivity index (χ4v) is 9.25. The predicted octanol–water partition coefficient (Wildman–Crippen LogP) is 5.69. The molecule has 0 bridgehead atoms. The van der Waals surface area contributed by atoms with Crippen molar-refractivity contribution in [1.82, 2.24) is 25.5 Å². The van der Waals surface area contributed by atoms with Crippen LogP contribution in [0.2, 0.25) is 0 Å². The summed E-state index contributed by atoms with van der Waals surface area (Å²) in [7, 11) is 6.98. The van der Waals surface area contributed by atoms with Crippen molar-refractivity contribution < 1.29 is 38.3 Å². The number of carbonyl (C=O) groups is 5. The van der Waals surface area contributed by atoms with Gasteiger partial charge in [-0.1, -0.05) is 92.1 Å². The second kappa shape index (κ2) is 24.9. The summed E-state index contributed by atoms with van der Waals surface area (Å²) in [6, 6.07) is 7.51. The third-order valence-corrected chi connectivity index (χ3v) is 13.0. The van der Waals surface area contributed by atoms with Crippen LogP contribution < -0.4 is 10.6 Å². The van der Waals surface area contributed by atoms with Gasteiger partial charge in [0.25, 0.3) is 5.91 Å². The van der Waals surface area contributed by atoms with Crippen LogP contribution in [0.3, 0.4) is 0 Å². The molecule has 0 radical (unpaired) electrons. The normalized spacial score (nSPS) is 20.6. The van der Waals surface area contributed by atoms with Crippen molar-refractivity contribution in [2.24, 2.45) is 35.5 Å². The molecule has 13 heteroatoms. The molecule has 0 saturated carbocycles. The molecular weight excluding hydrogens is 763 g/mol. The van der Waals surface area contributed by atoms with E-state index in [0.29, 0.717) is 45.4 Å².